The fraction of sp³-hybridized carbons (Fsp3) is 0.294. The van der Waals surface area contributed by atoms with Gasteiger partial charge in [-0.3, -0.25) is 9.59 Å². The van der Waals surface area contributed by atoms with Gasteiger partial charge in [-0.15, -0.1) is 0 Å². The van der Waals surface area contributed by atoms with Crippen molar-refractivity contribution in [2.24, 2.45) is 0 Å². The number of hydrogen-bond acceptors (Lipinski definition) is 4. The minimum absolute atomic E-state index is 0.0119. The molecular formula is C17H17FN2O4. The lowest BCUT2D eigenvalue weighted by molar-refractivity contribution is 0.0681. The van der Waals surface area contributed by atoms with Gasteiger partial charge in [-0.25, -0.2) is 4.39 Å². The number of carbonyl (C=O) groups is 1. The Bertz CT molecular complexity index is 764. The Labute approximate surface area is 137 Å². The molecule has 1 aliphatic heterocycles. The van der Waals surface area contributed by atoms with Crippen LogP contribution >= 0.6 is 0 Å². The van der Waals surface area contributed by atoms with Crippen LogP contribution in [0.5, 0.6) is 5.75 Å². The summed E-state index contributed by atoms with van der Waals surface area (Å²) in [6.45, 7) is 1.06. The predicted molar refractivity (Wildman–Crippen MR) is 85.9 cm³/mol. The van der Waals surface area contributed by atoms with Crippen molar-refractivity contribution in [1.82, 2.24) is 4.98 Å². The minimum Gasteiger partial charge on any atom is -0.489 e. The van der Waals surface area contributed by atoms with E-state index in [0.29, 0.717) is 19.0 Å². The highest BCUT2D eigenvalue weighted by atomic mass is 19.1. The Balaban J connectivity index is 1.73. The zero-order chi connectivity index (χ0) is 16.9. The number of carbonyl (C=O) groups excluding carboxylic acids is 1. The second-order valence-electron chi connectivity index (χ2n) is 5.48. The molecule has 0 radical (unpaired) electrons. The molecule has 1 aromatic carbocycles. The molecule has 1 saturated heterocycles. The van der Waals surface area contributed by atoms with Gasteiger partial charge in [0.1, 0.15) is 18.2 Å². The van der Waals surface area contributed by atoms with E-state index in [-0.39, 0.29) is 22.9 Å². The molecule has 1 aromatic heterocycles. The number of halogens is 1. The van der Waals surface area contributed by atoms with Crippen LogP contribution in [0.3, 0.4) is 0 Å². The van der Waals surface area contributed by atoms with Gasteiger partial charge in [0, 0.05) is 24.9 Å². The van der Waals surface area contributed by atoms with E-state index < -0.39 is 11.7 Å². The summed E-state index contributed by atoms with van der Waals surface area (Å²) in [7, 11) is 0. The molecule has 0 saturated carbocycles. The summed E-state index contributed by atoms with van der Waals surface area (Å²) >= 11 is 0. The molecule has 1 atom stereocenters. The minimum atomic E-state index is -0.490. The number of rotatable bonds is 5. The predicted octanol–water partition coefficient (Wildman–Crippen LogP) is 2.32. The van der Waals surface area contributed by atoms with Crippen LogP contribution in [0.25, 0.3) is 0 Å². The first-order chi connectivity index (χ1) is 11.6. The smallest absolute Gasteiger partial charge is 0.257 e. The van der Waals surface area contributed by atoms with Crippen LogP contribution in [0.1, 0.15) is 23.2 Å². The zero-order valence-corrected chi connectivity index (χ0v) is 12.9. The molecule has 3 rings (SSSR count). The number of nitrogens with one attached hydrogen (secondary N) is 2. The Kier molecular flexibility index (Phi) is 4.90. The van der Waals surface area contributed by atoms with Crippen LogP contribution in [-0.2, 0) is 4.74 Å². The fourth-order valence-electron chi connectivity index (χ4n) is 2.43. The van der Waals surface area contributed by atoms with Crippen molar-refractivity contribution < 1.29 is 18.7 Å². The van der Waals surface area contributed by atoms with E-state index in [1.54, 1.807) is 0 Å². The fourth-order valence-corrected chi connectivity index (χ4v) is 2.43. The quantitative estimate of drug-likeness (QED) is 0.880. The first-order valence-corrected chi connectivity index (χ1v) is 7.66. The third kappa shape index (κ3) is 3.99. The summed E-state index contributed by atoms with van der Waals surface area (Å²) in [6, 6.07) is 6.55. The third-order valence-corrected chi connectivity index (χ3v) is 3.68. The van der Waals surface area contributed by atoms with Gasteiger partial charge in [0.2, 0.25) is 5.56 Å². The topological polar surface area (TPSA) is 80.4 Å². The summed E-state index contributed by atoms with van der Waals surface area (Å²) in [5, 5.41) is 2.60. The van der Waals surface area contributed by atoms with E-state index in [0.717, 1.165) is 12.8 Å². The van der Waals surface area contributed by atoms with E-state index >= 15 is 0 Å². The van der Waals surface area contributed by atoms with Crippen molar-refractivity contribution in [3.63, 3.8) is 0 Å². The molecule has 0 bridgehead atoms. The highest BCUT2D eigenvalue weighted by Gasteiger charge is 2.18. The second-order valence-corrected chi connectivity index (χ2v) is 5.48. The summed E-state index contributed by atoms with van der Waals surface area (Å²) < 4.78 is 24.7. The number of ether oxygens (including phenoxy) is 2. The van der Waals surface area contributed by atoms with Gasteiger partial charge in [0.05, 0.1) is 17.4 Å². The van der Waals surface area contributed by atoms with Crippen LogP contribution in [-0.4, -0.2) is 30.2 Å². The number of aromatic nitrogens is 1. The number of aromatic amines is 1. The van der Waals surface area contributed by atoms with Crippen molar-refractivity contribution in [2.75, 3.05) is 18.5 Å². The number of anilines is 1. The van der Waals surface area contributed by atoms with Crippen LogP contribution in [0.4, 0.5) is 10.1 Å². The molecule has 0 spiro atoms. The second kappa shape index (κ2) is 7.27. The molecule has 2 heterocycles. The number of benzene rings is 1. The van der Waals surface area contributed by atoms with E-state index in [2.05, 4.69) is 10.3 Å². The zero-order valence-electron chi connectivity index (χ0n) is 12.9. The molecule has 24 heavy (non-hydrogen) atoms. The van der Waals surface area contributed by atoms with Gasteiger partial charge in [0.25, 0.3) is 5.91 Å². The largest absolute Gasteiger partial charge is 0.489 e. The van der Waals surface area contributed by atoms with Crippen LogP contribution in [0.15, 0.2) is 41.3 Å². The maximum atomic E-state index is 13.5. The summed E-state index contributed by atoms with van der Waals surface area (Å²) in [4.78, 5) is 25.7. The normalized spacial score (nSPS) is 16.8. The lowest BCUT2D eigenvalue weighted by Crippen LogP contribution is -2.18. The molecule has 126 valence electrons. The van der Waals surface area contributed by atoms with E-state index in [1.165, 1.54) is 36.5 Å². The molecule has 1 aliphatic rings. The van der Waals surface area contributed by atoms with Gasteiger partial charge in [-0.2, -0.15) is 0 Å². The first kappa shape index (κ1) is 16.2. The number of H-pyrrole nitrogens is 1. The van der Waals surface area contributed by atoms with Crippen molar-refractivity contribution in [1.29, 1.82) is 0 Å². The molecule has 0 aliphatic carbocycles. The highest BCUT2D eigenvalue weighted by molar-refractivity contribution is 6.04. The Morgan fingerprint density at radius 3 is 2.96 bits per heavy atom. The van der Waals surface area contributed by atoms with Gasteiger partial charge in [-0.1, -0.05) is 0 Å². The van der Waals surface area contributed by atoms with Gasteiger partial charge < -0.3 is 19.8 Å². The molecule has 6 nitrogen and oxygen atoms in total. The van der Waals surface area contributed by atoms with Crippen LogP contribution in [0.2, 0.25) is 0 Å². The Morgan fingerprint density at radius 2 is 2.25 bits per heavy atom. The molecule has 0 unspecified atom stereocenters. The molecule has 2 N–H and O–H groups in total. The lowest BCUT2D eigenvalue weighted by atomic mass is 10.2. The summed E-state index contributed by atoms with van der Waals surface area (Å²) in [6.07, 6.45) is 3.22. The van der Waals surface area contributed by atoms with E-state index in [9.17, 15) is 14.0 Å². The van der Waals surface area contributed by atoms with Crippen molar-refractivity contribution >= 4 is 11.6 Å². The highest BCUT2D eigenvalue weighted by Crippen LogP contribution is 2.27. The van der Waals surface area contributed by atoms with Gasteiger partial charge in [0.15, 0.2) is 0 Å². The number of amides is 1. The van der Waals surface area contributed by atoms with E-state index in [1.807, 2.05) is 0 Å². The van der Waals surface area contributed by atoms with Crippen molar-refractivity contribution in [3.8, 4) is 5.75 Å². The van der Waals surface area contributed by atoms with Crippen molar-refractivity contribution in [3.05, 3.63) is 58.3 Å². The molecule has 1 fully saturated rings. The maximum absolute atomic E-state index is 13.5. The van der Waals surface area contributed by atoms with Crippen LogP contribution < -0.4 is 15.6 Å². The van der Waals surface area contributed by atoms with Gasteiger partial charge in [-0.05, 0) is 31.0 Å². The molecule has 1 amide bonds. The average molecular weight is 332 g/mol. The third-order valence-electron chi connectivity index (χ3n) is 3.68. The van der Waals surface area contributed by atoms with Crippen LogP contribution in [0, 0.1) is 5.82 Å². The molecular weight excluding hydrogens is 315 g/mol. The maximum Gasteiger partial charge on any atom is 0.257 e. The average Bonchev–Trinajstić information content (AvgIpc) is 3.08. The Morgan fingerprint density at radius 1 is 1.38 bits per heavy atom. The standard InChI is InChI=1S/C17H17FN2O4/c18-12-4-5-15(24-10-13-2-1-7-23-13)14(8-12)20-17(22)11-3-6-16(21)19-9-11/h3-6,8-9,13H,1-2,7,10H2,(H,19,21)(H,20,22)/t13-/m0/s1. The number of hydrogen-bond donors (Lipinski definition) is 2. The SMILES string of the molecule is O=C(Nc1cc(F)ccc1OC[C@@H]1CCCO1)c1ccc(=O)[nH]c1. The summed E-state index contributed by atoms with van der Waals surface area (Å²) in [5.41, 5.74) is 0.172. The monoisotopic (exact) mass is 332 g/mol. The molecule has 2 aromatic rings. The number of pyridine rings is 1. The Hall–Kier alpha value is -2.67. The van der Waals surface area contributed by atoms with Crippen molar-refractivity contribution in [2.45, 2.75) is 18.9 Å². The first-order valence-electron chi connectivity index (χ1n) is 7.66. The van der Waals surface area contributed by atoms with E-state index in [4.69, 9.17) is 9.47 Å². The lowest BCUT2D eigenvalue weighted by Gasteiger charge is -2.15. The molecule has 7 heteroatoms. The summed E-state index contributed by atoms with van der Waals surface area (Å²) in [5.74, 6) is -0.597. The van der Waals surface area contributed by atoms with Gasteiger partial charge >= 0.3 is 0 Å².